The number of ether oxygens (including phenoxy) is 5. The molecule has 0 aromatic carbocycles. The number of methoxy groups -OCH3 is 2. The lowest BCUT2D eigenvalue weighted by Gasteiger charge is -2.45. The van der Waals surface area contributed by atoms with Crippen LogP contribution in [0.5, 0.6) is 0 Å². The summed E-state index contributed by atoms with van der Waals surface area (Å²) < 4.78 is 28.3. The third kappa shape index (κ3) is 2.32. The molecule has 3 saturated carbocycles. The van der Waals surface area contributed by atoms with Gasteiger partial charge in [0.1, 0.15) is 23.4 Å². The second-order valence-electron chi connectivity index (χ2n) is 10.2. The molecule has 5 rings (SSSR count). The monoisotopic (exact) mass is 446 g/mol. The smallest absolute Gasteiger partial charge is 0.316 e. The van der Waals surface area contributed by atoms with Gasteiger partial charge in [-0.05, 0) is 49.7 Å². The molecule has 5 aliphatic rings. The van der Waals surface area contributed by atoms with Crippen molar-refractivity contribution in [1.29, 1.82) is 0 Å². The Morgan fingerprint density at radius 2 is 2.06 bits per heavy atom. The first-order valence-electron chi connectivity index (χ1n) is 11.1. The van der Waals surface area contributed by atoms with Gasteiger partial charge in [0.05, 0.1) is 19.1 Å². The molecule has 4 aliphatic carbocycles. The largest absolute Gasteiger partial charge is 0.469 e. The number of rotatable bonds is 5. The molecule has 0 amide bonds. The first kappa shape index (κ1) is 21.6. The van der Waals surface area contributed by atoms with Crippen molar-refractivity contribution in [3.63, 3.8) is 0 Å². The van der Waals surface area contributed by atoms with E-state index in [1.54, 1.807) is 0 Å². The molecule has 8 nitrogen and oxygen atoms in total. The molecule has 8 heteroatoms. The summed E-state index contributed by atoms with van der Waals surface area (Å²) >= 11 is 0. The Labute approximate surface area is 187 Å². The lowest BCUT2D eigenvalue weighted by atomic mass is 9.61. The highest BCUT2D eigenvalue weighted by molar-refractivity contribution is 5.87. The predicted octanol–water partition coefficient (Wildman–Crippen LogP) is 2.31. The molecule has 32 heavy (non-hydrogen) atoms. The minimum Gasteiger partial charge on any atom is -0.469 e. The number of esters is 3. The Morgan fingerprint density at radius 1 is 1.31 bits per heavy atom. The summed E-state index contributed by atoms with van der Waals surface area (Å²) in [4.78, 5) is 38.7. The van der Waals surface area contributed by atoms with Crippen molar-refractivity contribution in [2.24, 2.45) is 28.6 Å². The van der Waals surface area contributed by atoms with Crippen molar-refractivity contribution in [3.05, 3.63) is 24.3 Å². The van der Waals surface area contributed by atoms with Gasteiger partial charge < -0.3 is 23.7 Å². The van der Waals surface area contributed by atoms with Gasteiger partial charge in [-0.25, -0.2) is 0 Å². The Bertz CT molecular complexity index is 940. The van der Waals surface area contributed by atoms with Gasteiger partial charge in [-0.3, -0.25) is 14.4 Å². The summed E-state index contributed by atoms with van der Waals surface area (Å²) in [6.07, 6.45) is 5.45. The molecule has 4 bridgehead atoms. The highest BCUT2D eigenvalue weighted by Crippen LogP contribution is 2.78. The van der Waals surface area contributed by atoms with E-state index >= 15 is 0 Å². The molecular formula is C24H30O8. The van der Waals surface area contributed by atoms with Crippen LogP contribution in [0.3, 0.4) is 0 Å². The number of carbonyl (C=O) groups is 3. The van der Waals surface area contributed by atoms with Gasteiger partial charge in [0.25, 0.3) is 0 Å². The zero-order valence-corrected chi connectivity index (χ0v) is 19.0. The van der Waals surface area contributed by atoms with E-state index in [0.717, 1.165) is 5.57 Å². The van der Waals surface area contributed by atoms with E-state index in [2.05, 4.69) is 6.58 Å². The van der Waals surface area contributed by atoms with Crippen molar-refractivity contribution in [1.82, 2.24) is 0 Å². The SMILES string of the molecule is C=C1C[C@]23C[C@@]1(OC(C)=O)CC[C@H]2[C@@]12C=C[C@H](OCOC)[C@@](C)(C(=O)O1)[C@H]2[C@@H]3C(=O)OC. The predicted molar refractivity (Wildman–Crippen MR) is 110 cm³/mol. The summed E-state index contributed by atoms with van der Waals surface area (Å²) in [5.41, 5.74) is -2.55. The lowest BCUT2D eigenvalue weighted by molar-refractivity contribution is -0.172. The topological polar surface area (TPSA) is 97.4 Å². The zero-order chi connectivity index (χ0) is 23.1. The Balaban J connectivity index is 1.67. The Hall–Kier alpha value is -2.19. The van der Waals surface area contributed by atoms with Gasteiger partial charge in [-0.2, -0.15) is 0 Å². The first-order chi connectivity index (χ1) is 15.1. The Kier molecular flexibility index (Phi) is 4.51. The van der Waals surface area contributed by atoms with Gasteiger partial charge in [-0.15, -0.1) is 0 Å². The molecule has 4 fully saturated rings. The van der Waals surface area contributed by atoms with Crippen molar-refractivity contribution < 1.29 is 38.1 Å². The van der Waals surface area contributed by atoms with E-state index in [1.165, 1.54) is 21.1 Å². The quantitative estimate of drug-likeness (QED) is 0.275. The number of fused-ring (bicyclic) bond motifs is 1. The molecule has 0 unspecified atom stereocenters. The average molecular weight is 446 g/mol. The molecule has 8 atom stereocenters. The van der Waals surface area contributed by atoms with Crippen LogP contribution in [0.2, 0.25) is 0 Å². The molecule has 0 N–H and O–H groups in total. The second kappa shape index (κ2) is 6.67. The normalized spacial score (nSPS) is 47.6. The highest BCUT2D eigenvalue weighted by atomic mass is 16.7. The van der Waals surface area contributed by atoms with E-state index < -0.39 is 40.0 Å². The molecule has 0 radical (unpaired) electrons. The minimum atomic E-state index is -1.08. The third-order valence-corrected chi connectivity index (χ3v) is 8.95. The molecule has 0 aromatic heterocycles. The van der Waals surface area contributed by atoms with Crippen molar-refractivity contribution in [2.75, 3.05) is 21.0 Å². The van der Waals surface area contributed by atoms with Gasteiger partial charge in [-0.1, -0.05) is 12.7 Å². The minimum absolute atomic E-state index is 0.0153. The van der Waals surface area contributed by atoms with E-state index in [4.69, 9.17) is 23.7 Å². The zero-order valence-electron chi connectivity index (χ0n) is 19.0. The van der Waals surface area contributed by atoms with E-state index in [9.17, 15) is 14.4 Å². The van der Waals surface area contributed by atoms with Crippen LogP contribution in [-0.4, -0.2) is 56.2 Å². The first-order valence-corrected chi connectivity index (χ1v) is 11.1. The molecule has 1 spiro atoms. The van der Waals surface area contributed by atoms with Crippen LogP contribution < -0.4 is 0 Å². The molecule has 174 valence electrons. The summed E-state index contributed by atoms with van der Waals surface area (Å²) in [5, 5.41) is 0. The van der Waals surface area contributed by atoms with Gasteiger partial charge in [0.15, 0.2) is 0 Å². The fraction of sp³-hybridized carbons (Fsp3) is 0.708. The standard InChI is InChI=1S/C24H30O8/c1-13-10-22-11-23(13,31-14(2)25)8-6-15(22)24-9-7-16(30-12-28-4)21(3,20(27)32-24)18(24)17(22)19(26)29-5/h7,9,15-18H,1,6,8,10-12H2,2-5H3/t15-,16+,17-,18-,21-,22+,23+,24-/m1/s1. The maximum atomic E-state index is 13.4. The molecule has 1 saturated heterocycles. The fourth-order valence-corrected chi connectivity index (χ4v) is 8.01. The van der Waals surface area contributed by atoms with Crippen LogP contribution in [0.4, 0.5) is 0 Å². The van der Waals surface area contributed by atoms with Crippen LogP contribution in [0.1, 0.15) is 39.5 Å². The maximum Gasteiger partial charge on any atom is 0.316 e. The van der Waals surface area contributed by atoms with Crippen LogP contribution in [0.15, 0.2) is 24.3 Å². The van der Waals surface area contributed by atoms with Crippen LogP contribution in [0.25, 0.3) is 0 Å². The van der Waals surface area contributed by atoms with Crippen molar-refractivity contribution in [3.8, 4) is 0 Å². The molecular weight excluding hydrogens is 416 g/mol. The summed E-state index contributed by atoms with van der Waals surface area (Å²) in [5.74, 6) is -2.31. The molecule has 1 aliphatic heterocycles. The van der Waals surface area contributed by atoms with Crippen molar-refractivity contribution in [2.45, 2.75) is 56.8 Å². The third-order valence-electron chi connectivity index (χ3n) is 8.95. The highest BCUT2D eigenvalue weighted by Gasteiger charge is 2.84. The molecule has 0 aromatic rings. The van der Waals surface area contributed by atoms with Crippen LogP contribution in [-0.2, 0) is 38.1 Å². The van der Waals surface area contributed by atoms with E-state index in [0.29, 0.717) is 25.7 Å². The van der Waals surface area contributed by atoms with Gasteiger partial charge >= 0.3 is 17.9 Å². The van der Waals surface area contributed by atoms with Crippen LogP contribution >= 0.6 is 0 Å². The number of hydrogen-bond acceptors (Lipinski definition) is 8. The van der Waals surface area contributed by atoms with Gasteiger partial charge in [0.2, 0.25) is 0 Å². The second-order valence-corrected chi connectivity index (χ2v) is 10.2. The number of hydrogen-bond donors (Lipinski definition) is 0. The lowest BCUT2D eigenvalue weighted by Crippen LogP contribution is -2.51. The van der Waals surface area contributed by atoms with Crippen molar-refractivity contribution >= 4 is 17.9 Å². The summed E-state index contributed by atoms with van der Waals surface area (Å²) in [6.45, 7) is 7.50. The van der Waals surface area contributed by atoms with E-state index in [1.807, 2.05) is 19.1 Å². The summed E-state index contributed by atoms with van der Waals surface area (Å²) in [7, 11) is 2.89. The fourth-order valence-electron chi connectivity index (χ4n) is 8.01. The Morgan fingerprint density at radius 3 is 2.72 bits per heavy atom. The van der Waals surface area contributed by atoms with Gasteiger partial charge in [0, 0.05) is 25.9 Å². The maximum absolute atomic E-state index is 13.4. The van der Waals surface area contributed by atoms with Crippen LogP contribution in [0, 0.1) is 28.6 Å². The molecule has 1 heterocycles. The summed E-state index contributed by atoms with van der Waals surface area (Å²) in [6, 6.07) is 0. The van der Waals surface area contributed by atoms with E-state index in [-0.39, 0.29) is 30.6 Å². The average Bonchev–Trinajstić information content (AvgIpc) is 3.16. The number of carbonyl (C=O) groups excluding carboxylic acids is 3.